The second-order valence-corrected chi connectivity index (χ2v) is 5.45. The Morgan fingerprint density at radius 2 is 1.95 bits per heavy atom. The van der Waals surface area contributed by atoms with Crippen molar-refractivity contribution in [1.82, 2.24) is 5.32 Å². The quantitative estimate of drug-likeness (QED) is 0.880. The van der Waals surface area contributed by atoms with E-state index in [1.54, 1.807) is 5.32 Å². The van der Waals surface area contributed by atoms with Crippen molar-refractivity contribution in [3.8, 4) is 0 Å². The van der Waals surface area contributed by atoms with Gasteiger partial charge in [0.2, 0.25) is 10.0 Å². The molecule has 0 aliphatic rings. The molecule has 10 heteroatoms. The Labute approximate surface area is 111 Å². The first-order chi connectivity index (χ1) is 8.50. The summed E-state index contributed by atoms with van der Waals surface area (Å²) in [5.41, 5.74) is -0.405. The highest BCUT2D eigenvalue weighted by molar-refractivity contribution is 7.89. The molecule has 0 atom stereocenters. The zero-order chi connectivity index (χ0) is 14.8. The molecule has 19 heavy (non-hydrogen) atoms. The maximum absolute atomic E-state index is 11.9. The summed E-state index contributed by atoms with van der Waals surface area (Å²) in [7, 11) is -4.08. The topological polar surface area (TPSA) is 89.3 Å². The Bertz CT molecular complexity index is 601. The summed E-state index contributed by atoms with van der Waals surface area (Å²) < 4.78 is 57.9. The molecule has 0 bridgehead atoms. The van der Waals surface area contributed by atoms with E-state index in [1.807, 2.05) is 0 Å². The number of alkyl halides is 3. The van der Waals surface area contributed by atoms with Crippen molar-refractivity contribution < 1.29 is 26.4 Å². The smallest absolute Gasteiger partial charge is 0.343 e. The summed E-state index contributed by atoms with van der Waals surface area (Å²) in [5, 5.41) is 6.22. The van der Waals surface area contributed by atoms with Gasteiger partial charge in [0.05, 0.1) is 15.5 Å². The molecule has 0 aromatic heterocycles. The van der Waals surface area contributed by atoms with Crippen molar-refractivity contribution in [1.29, 1.82) is 0 Å². The first-order valence-electron chi connectivity index (χ1n) is 4.68. The third-order valence-electron chi connectivity index (χ3n) is 1.96. The van der Waals surface area contributed by atoms with Gasteiger partial charge in [-0.15, -0.1) is 0 Å². The van der Waals surface area contributed by atoms with E-state index < -0.39 is 39.1 Å². The molecule has 0 aliphatic carbocycles. The average molecular weight is 317 g/mol. The lowest BCUT2D eigenvalue weighted by Gasteiger charge is -2.10. The molecule has 1 aromatic carbocycles. The Hall–Kier alpha value is -1.32. The summed E-state index contributed by atoms with van der Waals surface area (Å²) in [6.45, 7) is -1.55. The van der Waals surface area contributed by atoms with Crippen molar-refractivity contribution in [3.63, 3.8) is 0 Å². The van der Waals surface area contributed by atoms with Crippen LogP contribution in [0.3, 0.4) is 0 Å². The second-order valence-electron chi connectivity index (χ2n) is 3.48. The molecule has 0 fully saturated rings. The van der Waals surface area contributed by atoms with E-state index >= 15 is 0 Å². The van der Waals surface area contributed by atoms with E-state index in [0.717, 1.165) is 18.2 Å². The van der Waals surface area contributed by atoms with Crippen LogP contribution < -0.4 is 10.5 Å². The number of carbonyl (C=O) groups excluding carboxylic acids is 1. The predicted molar refractivity (Wildman–Crippen MR) is 61.2 cm³/mol. The molecule has 1 aromatic rings. The van der Waals surface area contributed by atoms with Crippen LogP contribution in [0, 0.1) is 0 Å². The number of sulfonamides is 1. The summed E-state index contributed by atoms with van der Waals surface area (Å²) in [5.74, 6) is -1.15. The highest BCUT2D eigenvalue weighted by Crippen LogP contribution is 2.20. The average Bonchev–Trinajstić information content (AvgIpc) is 2.24. The van der Waals surface area contributed by atoms with Gasteiger partial charge in [-0.3, -0.25) is 4.79 Å². The molecular weight excluding hydrogens is 309 g/mol. The number of nitrogens with one attached hydrogen (secondary N) is 1. The van der Waals surface area contributed by atoms with Crippen LogP contribution in [0.25, 0.3) is 0 Å². The van der Waals surface area contributed by atoms with Gasteiger partial charge in [0.1, 0.15) is 6.54 Å². The van der Waals surface area contributed by atoms with Crippen LogP contribution in [-0.4, -0.2) is 27.0 Å². The molecule has 0 saturated heterocycles. The lowest BCUT2D eigenvalue weighted by Crippen LogP contribution is -2.34. The number of nitrogens with two attached hydrogens (primary N) is 1. The first kappa shape index (κ1) is 15.7. The third kappa shape index (κ3) is 4.69. The number of amides is 1. The van der Waals surface area contributed by atoms with Crippen molar-refractivity contribution in [2.75, 3.05) is 6.54 Å². The molecule has 5 nitrogen and oxygen atoms in total. The number of carbonyl (C=O) groups is 1. The number of halogens is 4. The summed E-state index contributed by atoms with van der Waals surface area (Å²) >= 11 is 5.61. The van der Waals surface area contributed by atoms with Crippen LogP contribution in [-0.2, 0) is 10.0 Å². The fourth-order valence-corrected chi connectivity index (χ4v) is 1.87. The molecule has 0 heterocycles. The van der Waals surface area contributed by atoms with Gasteiger partial charge in [0.25, 0.3) is 5.91 Å². The molecule has 0 saturated carbocycles. The molecule has 0 spiro atoms. The van der Waals surface area contributed by atoms with E-state index in [-0.39, 0.29) is 5.02 Å². The second kappa shape index (κ2) is 5.35. The molecular formula is C9H8ClF3N2O3S. The Balaban J connectivity index is 3.03. The fourth-order valence-electron chi connectivity index (χ4n) is 1.13. The van der Waals surface area contributed by atoms with E-state index in [9.17, 15) is 26.4 Å². The molecule has 0 unspecified atom stereocenters. The lowest BCUT2D eigenvalue weighted by atomic mass is 10.2. The van der Waals surface area contributed by atoms with Crippen molar-refractivity contribution in [2.45, 2.75) is 11.1 Å². The standard InChI is InChI=1S/C9H8ClF3N2O3S/c10-7-2-1-5(19(14,17)18)3-6(7)8(16)15-4-9(11,12)13/h1-3H,4H2,(H,15,16)(H2,14,17,18). The number of primary sulfonamides is 1. The Morgan fingerprint density at radius 3 is 2.42 bits per heavy atom. The van der Waals surface area contributed by atoms with Gasteiger partial charge in [-0.25, -0.2) is 13.6 Å². The number of hydrogen-bond donors (Lipinski definition) is 2. The van der Waals surface area contributed by atoms with Gasteiger partial charge in [-0.05, 0) is 18.2 Å². The molecule has 0 radical (unpaired) electrons. The minimum Gasteiger partial charge on any atom is -0.343 e. The van der Waals surface area contributed by atoms with Crippen LogP contribution >= 0.6 is 11.6 Å². The largest absolute Gasteiger partial charge is 0.405 e. The number of hydrogen-bond acceptors (Lipinski definition) is 3. The monoisotopic (exact) mass is 316 g/mol. The van der Waals surface area contributed by atoms with Gasteiger partial charge in [-0.1, -0.05) is 11.6 Å². The minimum absolute atomic E-state index is 0.188. The van der Waals surface area contributed by atoms with E-state index in [0.29, 0.717) is 0 Å². The Morgan fingerprint density at radius 1 is 1.37 bits per heavy atom. The summed E-state index contributed by atoms with van der Waals surface area (Å²) in [6.07, 6.45) is -4.58. The van der Waals surface area contributed by atoms with Crippen LogP contribution in [0.2, 0.25) is 5.02 Å². The molecule has 3 N–H and O–H groups in total. The Kier molecular flexibility index (Phi) is 4.43. The van der Waals surface area contributed by atoms with Gasteiger partial charge < -0.3 is 5.32 Å². The highest BCUT2D eigenvalue weighted by atomic mass is 35.5. The SMILES string of the molecule is NS(=O)(=O)c1ccc(Cl)c(C(=O)NCC(F)(F)F)c1. The van der Waals surface area contributed by atoms with Crippen molar-refractivity contribution in [2.24, 2.45) is 5.14 Å². The first-order valence-corrected chi connectivity index (χ1v) is 6.60. The highest BCUT2D eigenvalue weighted by Gasteiger charge is 2.28. The van der Waals surface area contributed by atoms with Gasteiger partial charge in [-0.2, -0.15) is 13.2 Å². The van der Waals surface area contributed by atoms with Crippen LogP contribution in [0.4, 0.5) is 13.2 Å². The molecule has 0 aliphatic heterocycles. The zero-order valence-corrected chi connectivity index (χ0v) is 10.7. The fraction of sp³-hybridized carbons (Fsp3) is 0.222. The normalized spacial score (nSPS) is 12.3. The molecule has 1 rings (SSSR count). The van der Waals surface area contributed by atoms with Gasteiger partial charge in [0.15, 0.2) is 0 Å². The van der Waals surface area contributed by atoms with Gasteiger partial charge in [0, 0.05) is 0 Å². The van der Waals surface area contributed by atoms with E-state index in [4.69, 9.17) is 16.7 Å². The summed E-state index contributed by atoms with van der Waals surface area (Å²) in [4.78, 5) is 11.0. The summed E-state index contributed by atoms with van der Waals surface area (Å²) in [6, 6.07) is 2.91. The third-order valence-corrected chi connectivity index (χ3v) is 3.20. The maximum Gasteiger partial charge on any atom is 0.405 e. The van der Waals surface area contributed by atoms with Crippen molar-refractivity contribution in [3.05, 3.63) is 28.8 Å². The maximum atomic E-state index is 11.9. The van der Waals surface area contributed by atoms with E-state index in [1.165, 1.54) is 0 Å². The van der Waals surface area contributed by atoms with Gasteiger partial charge >= 0.3 is 6.18 Å². The van der Waals surface area contributed by atoms with E-state index in [2.05, 4.69) is 0 Å². The zero-order valence-electron chi connectivity index (χ0n) is 9.16. The van der Waals surface area contributed by atoms with Crippen LogP contribution in [0.1, 0.15) is 10.4 Å². The number of rotatable bonds is 3. The molecule has 106 valence electrons. The molecule has 1 amide bonds. The number of benzene rings is 1. The van der Waals surface area contributed by atoms with Crippen LogP contribution in [0.5, 0.6) is 0 Å². The lowest BCUT2D eigenvalue weighted by molar-refractivity contribution is -0.123. The van der Waals surface area contributed by atoms with Crippen molar-refractivity contribution >= 4 is 27.5 Å². The van der Waals surface area contributed by atoms with Crippen LogP contribution in [0.15, 0.2) is 23.1 Å². The minimum atomic E-state index is -4.58. The predicted octanol–water partition coefficient (Wildman–Crippen LogP) is 1.28.